The van der Waals surface area contributed by atoms with Crippen molar-refractivity contribution >= 4 is 34.3 Å². The number of aromatic nitrogens is 3. The molecule has 210 valence electrons. The number of nitrogens with zero attached hydrogens (tertiary/aromatic N) is 4. The van der Waals surface area contributed by atoms with E-state index in [9.17, 15) is 19.2 Å². The molecule has 1 unspecified atom stereocenters. The van der Waals surface area contributed by atoms with Gasteiger partial charge >= 0.3 is 0 Å². The summed E-state index contributed by atoms with van der Waals surface area (Å²) in [7, 11) is 0. The second-order valence-electron chi connectivity index (χ2n) is 10.6. The summed E-state index contributed by atoms with van der Waals surface area (Å²) in [6.45, 7) is 3.79. The summed E-state index contributed by atoms with van der Waals surface area (Å²) in [5.41, 5.74) is 2.25. The third-order valence-corrected chi connectivity index (χ3v) is 7.80. The molecule has 0 bridgehead atoms. The molecule has 2 saturated heterocycles. The van der Waals surface area contributed by atoms with Gasteiger partial charge in [0.1, 0.15) is 23.6 Å². The summed E-state index contributed by atoms with van der Waals surface area (Å²) < 4.78 is 6.99. The number of rotatable bonds is 6. The maximum Gasteiger partial charge on any atom is 0.262 e. The highest BCUT2D eigenvalue weighted by atomic mass is 16.3. The van der Waals surface area contributed by atoms with Crippen LogP contribution in [0.1, 0.15) is 43.2 Å². The van der Waals surface area contributed by atoms with E-state index in [-0.39, 0.29) is 36.1 Å². The van der Waals surface area contributed by atoms with Crippen LogP contribution >= 0.6 is 0 Å². The number of nitrogens with one attached hydrogen (secondary N) is 2. The van der Waals surface area contributed by atoms with Crippen LogP contribution in [0.2, 0.25) is 0 Å². The van der Waals surface area contributed by atoms with Crippen molar-refractivity contribution in [2.24, 2.45) is 5.92 Å². The Labute approximate surface area is 235 Å². The summed E-state index contributed by atoms with van der Waals surface area (Å²) in [4.78, 5) is 62.1. The minimum Gasteiger partial charge on any atom is -0.444 e. The van der Waals surface area contributed by atoms with Crippen molar-refractivity contribution in [3.05, 3.63) is 76.7 Å². The summed E-state index contributed by atoms with van der Waals surface area (Å²) in [6, 6.07) is 14.0. The van der Waals surface area contributed by atoms with Gasteiger partial charge in [0.25, 0.3) is 5.56 Å². The molecule has 41 heavy (non-hydrogen) atoms. The van der Waals surface area contributed by atoms with Crippen molar-refractivity contribution in [2.45, 2.75) is 45.2 Å². The lowest BCUT2D eigenvalue weighted by Crippen LogP contribution is -2.45. The van der Waals surface area contributed by atoms with Crippen LogP contribution in [0, 0.1) is 12.8 Å². The van der Waals surface area contributed by atoms with Gasteiger partial charge in [-0.1, -0.05) is 24.3 Å². The monoisotopic (exact) mass is 554 g/mol. The topological polar surface area (TPSA) is 139 Å². The fraction of sp³-hybridized carbons (Fsp3) is 0.333. The highest BCUT2D eigenvalue weighted by Gasteiger charge is 2.31. The molecule has 4 heterocycles. The number of para-hydroxylation sites is 1. The molecule has 11 heteroatoms. The number of anilines is 1. The number of oxazole rings is 1. The number of hydrogen-bond donors (Lipinski definition) is 2. The summed E-state index contributed by atoms with van der Waals surface area (Å²) in [5.74, 6) is -0.212. The van der Waals surface area contributed by atoms with Crippen molar-refractivity contribution in [1.29, 1.82) is 0 Å². The highest BCUT2D eigenvalue weighted by molar-refractivity contribution is 6.02. The Morgan fingerprint density at radius 1 is 1.02 bits per heavy atom. The molecule has 1 atom stereocenters. The fourth-order valence-corrected chi connectivity index (χ4v) is 5.64. The van der Waals surface area contributed by atoms with Gasteiger partial charge in [0.05, 0.1) is 16.8 Å². The first kappa shape index (κ1) is 26.6. The van der Waals surface area contributed by atoms with Crippen LogP contribution in [0.5, 0.6) is 0 Å². The number of carbonyl (C=O) groups is 3. The van der Waals surface area contributed by atoms with Gasteiger partial charge in [0.2, 0.25) is 23.6 Å². The molecule has 0 saturated carbocycles. The van der Waals surface area contributed by atoms with Gasteiger partial charge in [-0.05, 0) is 63.5 Å². The molecule has 11 nitrogen and oxygen atoms in total. The summed E-state index contributed by atoms with van der Waals surface area (Å²) in [6.07, 6.45) is 3.45. The zero-order valence-electron chi connectivity index (χ0n) is 22.6. The van der Waals surface area contributed by atoms with Crippen molar-refractivity contribution in [3.8, 4) is 11.5 Å². The Morgan fingerprint density at radius 3 is 2.56 bits per heavy atom. The van der Waals surface area contributed by atoms with Crippen molar-refractivity contribution in [3.63, 3.8) is 0 Å². The van der Waals surface area contributed by atoms with Crippen molar-refractivity contribution < 1.29 is 18.8 Å². The Morgan fingerprint density at radius 2 is 1.80 bits per heavy atom. The molecular weight excluding hydrogens is 524 g/mol. The van der Waals surface area contributed by atoms with Crippen LogP contribution in [-0.2, 0) is 20.9 Å². The number of amides is 3. The molecule has 0 spiro atoms. The van der Waals surface area contributed by atoms with Gasteiger partial charge in [0, 0.05) is 24.4 Å². The fourth-order valence-electron chi connectivity index (χ4n) is 5.64. The van der Waals surface area contributed by atoms with Crippen LogP contribution in [0.25, 0.3) is 22.4 Å². The maximum atomic E-state index is 13.4. The smallest absolute Gasteiger partial charge is 0.262 e. The third kappa shape index (κ3) is 5.40. The number of carbonyl (C=O) groups excluding carboxylic acids is 3. The normalized spacial score (nSPS) is 18.4. The van der Waals surface area contributed by atoms with Gasteiger partial charge in [-0.3, -0.25) is 34.0 Å². The van der Waals surface area contributed by atoms with Crippen LogP contribution in [0.3, 0.4) is 0 Å². The molecule has 6 rings (SSSR count). The van der Waals surface area contributed by atoms with Gasteiger partial charge in [0.15, 0.2) is 0 Å². The lowest BCUT2D eigenvalue weighted by molar-refractivity contribution is -0.135. The number of likely N-dealkylation sites (tertiary alicyclic amines) is 1. The third-order valence-electron chi connectivity index (χ3n) is 7.80. The zero-order valence-corrected chi connectivity index (χ0v) is 22.6. The van der Waals surface area contributed by atoms with Crippen molar-refractivity contribution in [2.75, 3.05) is 18.4 Å². The minimum atomic E-state index is -0.803. The number of hydrogen-bond acceptors (Lipinski definition) is 8. The standard InChI is InChI=1S/C30H30N6O5/c1-18-31-26-22(30(40)36(18)24-10-11-25(37)34-28(24)39)8-5-9-23(26)33-27(38)19-12-14-35(15-13-19)16-21-17-41-29(32-21)20-6-3-2-4-7-20/h2-9,17,19,24H,10-16H2,1H3,(H,33,38)(H,34,37,39). The molecule has 2 aliphatic rings. The minimum absolute atomic E-state index is 0.112. The number of fused-ring (bicyclic) bond motifs is 1. The molecule has 2 aromatic heterocycles. The molecule has 2 aromatic carbocycles. The SMILES string of the molecule is Cc1nc2c(NC(=O)C3CCN(Cc4coc(-c5ccccc5)n4)CC3)cccc2c(=O)n1C1CCC(=O)NC1=O. The van der Waals surface area contributed by atoms with Crippen molar-refractivity contribution in [1.82, 2.24) is 24.8 Å². The van der Waals surface area contributed by atoms with E-state index in [1.165, 1.54) is 4.57 Å². The lowest BCUT2D eigenvalue weighted by atomic mass is 9.95. The maximum absolute atomic E-state index is 13.4. The molecule has 2 N–H and O–H groups in total. The Bertz CT molecular complexity index is 1690. The first-order valence-electron chi connectivity index (χ1n) is 13.8. The first-order chi connectivity index (χ1) is 19.9. The zero-order chi connectivity index (χ0) is 28.5. The quantitative estimate of drug-likeness (QED) is 0.347. The molecule has 4 aromatic rings. The predicted octanol–water partition coefficient (Wildman–Crippen LogP) is 3.19. The highest BCUT2D eigenvalue weighted by Crippen LogP contribution is 2.26. The second-order valence-corrected chi connectivity index (χ2v) is 10.6. The van der Waals surface area contributed by atoms with Crippen LogP contribution in [-0.4, -0.2) is 50.2 Å². The molecule has 3 amide bonds. The molecule has 0 aliphatic carbocycles. The lowest BCUT2D eigenvalue weighted by Gasteiger charge is -2.30. The van der Waals surface area contributed by atoms with Gasteiger partial charge in [-0.25, -0.2) is 9.97 Å². The van der Waals surface area contributed by atoms with Gasteiger partial charge in [-0.15, -0.1) is 0 Å². The summed E-state index contributed by atoms with van der Waals surface area (Å²) in [5, 5.41) is 5.59. The first-order valence-corrected chi connectivity index (χ1v) is 13.8. The number of aryl methyl sites for hydroxylation is 1. The van der Waals surface area contributed by atoms with Crippen LogP contribution < -0.4 is 16.2 Å². The molecule has 2 aliphatic heterocycles. The van der Waals surface area contributed by atoms with Crippen LogP contribution in [0.15, 0.2) is 64.0 Å². The number of benzene rings is 2. The second kappa shape index (κ2) is 11.1. The van der Waals surface area contributed by atoms with E-state index in [4.69, 9.17) is 4.42 Å². The van der Waals surface area contributed by atoms with E-state index in [1.54, 1.807) is 31.4 Å². The molecule has 2 fully saturated rings. The van der Waals surface area contributed by atoms with E-state index in [0.29, 0.717) is 47.7 Å². The molecular formula is C30H30N6O5. The number of piperidine rings is 2. The average molecular weight is 555 g/mol. The average Bonchev–Trinajstić information content (AvgIpc) is 3.44. The van der Waals surface area contributed by atoms with Gasteiger partial charge in [-0.2, -0.15) is 0 Å². The van der Waals surface area contributed by atoms with E-state index in [2.05, 4.69) is 25.5 Å². The Balaban J connectivity index is 1.11. The molecule has 0 radical (unpaired) electrons. The van der Waals surface area contributed by atoms with Crippen LogP contribution in [0.4, 0.5) is 5.69 Å². The Kier molecular flexibility index (Phi) is 7.19. The van der Waals surface area contributed by atoms with E-state index in [0.717, 1.165) is 24.3 Å². The summed E-state index contributed by atoms with van der Waals surface area (Å²) >= 11 is 0. The predicted molar refractivity (Wildman–Crippen MR) is 151 cm³/mol. The number of imide groups is 1. The van der Waals surface area contributed by atoms with Gasteiger partial charge < -0.3 is 9.73 Å². The van der Waals surface area contributed by atoms with E-state index < -0.39 is 11.9 Å². The van der Waals surface area contributed by atoms with E-state index >= 15 is 0 Å². The largest absolute Gasteiger partial charge is 0.444 e. The Hall–Kier alpha value is -4.64. The van der Waals surface area contributed by atoms with E-state index in [1.807, 2.05) is 30.3 Å².